The monoisotopic (exact) mass is 327 g/mol. The molecule has 0 atom stereocenters. The Morgan fingerprint density at radius 3 is 2.79 bits per heavy atom. The maximum absolute atomic E-state index is 12.4. The van der Waals surface area contributed by atoms with Gasteiger partial charge in [-0.1, -0.05) is 6.07 Å². The van der Waals surface area contributed by atoms with E-state index in [9.17, 15) is 9.59 Å². The van der Waals surface area contributed by atoms with E-state index in [-0.39, 0.29) is 24.7 Å². The molecule has 2 fully saturated rings. The standard InChI is InChI=1S/C17H19N5O2.H2/c1-12(23)22-9-17(10-22)7-13(8-17)19-16(24)14-3-2-4-15(20-14)21-6-5-18-11-21;/h2-6,11,13H,7-10H2,1H3,(H,19,24);1H. The molecule has 1 aliphatic carbocycles. The van der Waals surface area contributed by atoms with Crippen LogP contribution >= 0.6 is 0 Å². The molecule has 1 aliphatic heterocycles. The van der Waals surface area contributed by atoms with Crippen molar-refractivity contribution in [1.82, 2.24) is 24.8 Å². The highest BCUT2D eigenvalue weighted by molar-refractivity contribution is 5.92. The highest BCUT2D eigenvalue weighted by atomic mass is 16.2. The van der Waals surface area contributed by atoms with E-state index in [0.717, 1.165) is 25.9 Å². The maximum atomic E-state index is 12.4. The minimum Gasteiger partial charge on any atom is -0.348 e. The van der Waals surface area contributed by atoms with Gasteiger partial charge in [0.25, 0.3) is 5.91 Å². The molecule has 1 saturated carbocycles. The molecule has 1 spiro atoms. The maximum Gasteiger partial charge on any atom is 0.270 e. The molecular weight excluding hydrogens is 306 g/mol. The molecule has 2 aromatic heterocycles. The quantitative estimate of drug-likeness (QED) is 0.920. The van der Waals surface area contributed by atoms with Crippen LogP contribution in [0.15, 0.2) is 36.9 Å². The summed E-state index contributed by atoms with van der Waals surface area (Å²) >= 11 is 0. The molecule has 0 unspecified atom stereocenters. The van der Waals surface area contributed by atoms with Crippen molar-refractivity contribution in [2.75, 3.05) is 13.1 Å². The number of nitrogens with zero attached hydrogens (tertiary/aromatic N) is 4. The number of amides is 2. The first-order valence-electron chi connectivity index (χ1n) is 8.06. The zero-order chi connectivity index (χ0) is 16.7. The molecule has 126 valence electrons. The fraction of sp³-hybridized carbons (Fsp3) is 0.412. The predicted octanol–water partition coefficient (Wildman–Crippen LogP) is 1.25. The van der Waals surface area contributed by atoms with Gasteiger partial charge < -0.3 is 10.2 Å². The number of hydrogen-bond acceptors (Lipinski definition) is 4. The van der Waals surface area contributed by atoms with Crippen LogP contribution in [0.25, 0.3) is 5.82 Å². The first-order valence-corrected chi connectivity index (χ1v) is 8.06. The Balaban J connectivity index is 0.00000182. The fourth-order valence-electron chi connectivity index (χ4n) is 3.68. The highest BCUT2D eigenvalue weighted by Gasteiger charge is 2.53. The molecule has 2 amide bonds. The van der Waals surface area contributed by atoms with Crippen molar-refractivity contribution in [2.45, 2.75) is 25.8 Å². The predicted molar refractivity (Wildman–Crippen MR) is 88.6 cm³/mol. The molecule has 3 heterocycles. The summed E-state index contributed by atoms with van der Waals surface area (Å²) < 4.78 is 1.76. The van der Waals surface area contributed by atoms with Gasteiger partial charge in [-0.2, -0.15) is 0 Å². The summed E-state index contributed by atoms with van der Waals surface area (Å²) in [6, 6.07) is 5.54. The van der Waals surface area contributed by atoms with Gasteiger partial charge in [0, 0.05) is 45.3 Å². The molecule has 1 saturated heterocycles. The Hall–Kier alpha value is -2.70. The fourth-order valence-corrected chi connectivity index (χ4v) is 3.68. The molecule has 4 rings (SSSR count). The normalized spacial score (nSPS) is 18.8. The second-order valence-electron chi connectivity index (χ2n) is 6.80. The van der Waals surface area contributed by atoms with Gasteiger partial charge in [0.2, 0.25) is 5.91 Å². The van der Waals surface area contributed by atoms with Crippen LogP contribution in [0.1, 0.15) is 31.7 Å². The molecule has 2 aliphatic rings. The molecule has 7 nitrogen and oxygen atoms in total. The van der Waals surface area contributed by atoms with E-state index in [0.29, 0.717) is 11.5 Å². The number of carbonyl (C=O) groups is 2. The lowest BCUT2D eigenvalue weighted by atomic mass is 9.60. The Bertz CT molecular complexity index is 778. The molecule has 0 radical (unpaired) electrons. The van der Waals surface area contributed by atoms with E-state index in [1.54, 1.807) is 36.3 Å². The van der Waals surface area contributed by atoms with Crippen LogP contribution in [-0.2, 0) is 4.79 Å². The van der Waals surface area contributed by atoms with Crippen LogP contribution in [0.3, 0.4) is 0 Å². The third-order valence-corrected chi connectivity index (χ3v) is 4.93. The third-order valence-electron chi connectivity index (χ3n) is 4.93. The van der Waals surface area contributed by atoms with Crippen LogP contribution in [0.4, 0.5) is 0 Å². The van der Waals surface area contributed by atoms with Gasteiger partial charge in [0.1, 0.15) is 17.8 Å². The van der Waals surface area contributed by atoms with E-state index in [4.69, 9.17) is 0 Å². The summed E-state index contributed by atoms with van der Waals surface area (Å²) in [6.45, 7) is 3.25. The van der Waals surface area contributed by atoms with Crippen molar-refractivity contribution < 1.29 is 11.0 Å². The van der Waals surface area contributed by atoms with Gasteiger partial charge >= 0.3 is 0 Å². The van der Waals surface area contributed by atoms with E-state index in [1.165, 1.54) is 0 Å². The Kier molecular flexibility index (Phi) is 3.37. The van der Waals surface area contributed by atoms with E-state index < -0.39 is 0 Å². The number of nitrogens with one attached hydrogen (secondary N) is 1. The van der Waals surface area contributed by atoms with Crippen LogP contribution in [-0.4, -0.2) is 50.4 Å². The van der Waals surface area contributed by atoms with Crippen molar-refractivity contribution >= 4 is 11.8 Å². The zero-order valence-corrected chi connectivity index (χ0v) is 13.5. The molecule has 7 heteroatoms. The van der Waals surface area contributed by atoms with Crippen molar-refractivity contribution in [1.29, 1.82) is 0 Å². The highest BCUT2D eigenvalue weighted by Crippen LogP contribution is 2.48. The number of rotatable bonds is 3. The molecule has 2 aromatic rings. The van der Waals surface area contributed by atoms with Gasteiger partial charge in [-0.3, -0.25) is 14.2 Å². The van der Waals surface area contributed by atoms with E-state index in [1.807, 2.05) is 17.0 Å². The minimum absolute atomic E-state index is 0. The SMILES string of the molecule is CC(=O)N1CC2(CC(NC(=O)c3cccc(-n4ccnc4)n3)C2)C1.[HH]. The number of pyridine rings is 1. The van der Waals surface area contributed by atoms with Crippen LogP contribution in [0, 0.1) is 5.41 Å². The number of aromatic nitrogens is 3. The zero-order valence-electron chi connectivity index (χ0n) is 13.5. The average Bonchev–Trinajstić information content (AvgIpc) is 3.02. The summed E-state index contributed by atoms with van der Waals surface area (Å²) in [4.78, 5) is 33.9. The first kappa shape index (κ1) is 14.9. The second kappa shape index (κ2) is 5.43. The van der Waals surface area contributed by atoms with Gasteiger partial charge in [0.05, 0.1) is 0 Å². The van der Waals surface area contributed by atoms with Crippen LogP contribution < -0.4 is 5.32 Å². The van der Waals surface area contributed by atoms with Crippen molar-refractivity contribution in [3.63, 3.8) is 0 Å². The lowest BCUT2D eigenvalue weighted by Crippen LogP contribution is -2.67. The van der Waals surface area contributed by atoms with Crippen LogP contribution in [0.5, 0.6) is 0 Å². The summed E-state index contributed by atoms with van der Waals surface area (Å²) in [6.07, 6.45) is 6.98. The molecular formula is C17H21N5O2. The average molecular weight is 327 g/mol. The van der Waals surface area contributed by atoms with Gasteiger partial charge in [-0.25, -0.2) is 9.97 Å². The summed E-state index contributed by atoms with van der Waals surface area (Å²) in [5.41, 5.74) is 0.636. The second-order valence-corrected chi connectivity index (χ2v) is 6.80. The lowest BCUT2D eigenvalue weighted by Gasteiger charge is -2.58. The van der Waals surface area contributed by atoms with Gasteiger partial charge in [-0.05, 0) is 25.0 Å². The van der Waals surface area contributed by atoms with Crippen molar-refractivity contribution in [3.8, 4) is 5.82 Å². The minimum atomic E-state index is -0.153. The number of imidazole rings is 1. The lowest BCUT2D eigenvalue weighted by molar-refractivity contribution is -0.149. The summed E-state index contributed by atoms with van der Waals surface area (Å²) in [5.74, 6) is 0.648. The van der Waals surface area contributed by atoms with Gasteiger partial charge in [0.15, 0.2) is 0 Å². The largest absolute Gasteiger partial charge is 0.348 e. The van der Waals surface area contributed by atoms with E-state index >= 15 is 0 Å². The number of hydrogen-bond donors (Lipinski definition) is 1. The third kappa shape index (κ3) is 2.55. The van der Waals surface area contributed by atoms with Gasteiger partial charge in [-0.15, -0.1) is 0 Å². The Morgan fingerprint density at radius 2 is 2.12 bits per heavy atom. The smallest absolute Gasteiger partial charge is 0.270 e. The molecule has 1 N–H and O–H groups in total. The Morgan fingerprint density at radius 1 is 1.33 bits per heavy atom. The van der Waals surface area contributed by atoms with E-state index in [2.05, 4.69) is 15.3 Å². The Labute approximate surface area is 141 Å². The topological polar surface area (TPSA) is 80.1 Å². The number of carbonyl (C=O) groups excluding carboxylic acids is 2. The summed E-state index contributed by atoms with van der Waals surface area (Å²) in [7, 11) is 0. The van der Waals surface area contributed by atoms with Crippen molar-refractivity contribution in [2.24, 2.45) is 5.41 Å². The van der Waals surface area contributed by atoms with Crippen LogP contribution in [0.2, 0.25) is 0 Å². The molecule has 0 aromatic carbocycles. The van der Waals surface area contributed by atoms with Crippen molar-refractivity contribution in [3.05, 3.63) is 42.6 Å². The number of likely N-dealkylation sites (tertiary alicyclic amines) is 1. The summed E-state index contributed by atoms with van der Waals surface area (Å²) in [5, 5.41) is 3.04. The molecule has 0 bridgehead atoms. The first-order chi connectivity index (χ1) is 11.5. The molecule has 24 heavy (non-hydrogen) atoms.